The highest BCUT2D eigenvalue weighted by molar-refractivity contribution is 5.50. The summed E-state index contributed by atoms with van der Waals surface area (Å²) in [7, 11) is 0. The second-order valence-corrected chi connectivity index (χ2v) is 4.55. The van der Waals surface area contributed by atoms with Gasteiger partial charge in [0.15, 0.2) is 0 Å². The Morgan fingerprint density at radius 2 is 2.25 bits per heavy atom. The molecular formula is C13H19NO2. The smallest absolute Gasteiger partial charge is 0.118 e. The summed E-state index contributed by atoms with van der Waals surface area (Å²) < 4.78 is 5.51. The molecule has 0 bridgehead atoms. The van der Waals surface area contributed by atoms with Crippen LogP contribution < -0.4 is 5.32 Å². The highest BCUT2D eigenvalue weighted by atomic mass is 16.5. The van der Waals surface area contributed by atoms with Crippen molar-refractivity contribution >= 4 is 5.69 Å². The van der Waals surface area contributed by atoms with Gasteiger partial charge in [-0.15, -0.1) is 0 Å². The molecule has 1 aromatic carbocycles. The number of rotatable bonds is 2. The van der Waals surface area contributed by atoms with Crippen molar-refractivity contribution in [2.24, 2.45) is 0 Å². The molecule has 16 heavy (non-hydrogen) atoms. The maximum atomic E-state index is 9.44. The topological polar surface area (TPSA) is 41.5 Å². The van der Waals surface area contributed by atoms with Crippen molar-refractivity contribution in [3.05, 3.63) is 23.8 Å². The molecule has 1 heterocycles. The summed E-state index contributed by atoms with van der Waals surface area (Å²) in [5.74, 6) is 0.353. The molecule has 2 unspecified atom stereocenters. The molecule has 2 rings (SSSR count). The zero-order valence-corrected chi connectivity index (χ0v) is 9.86. The van der Waals surface area contributed by atoms with Crippen LogP contribution in [0.5, 0.6) is 5.75 Å². The normalized spacial score (nSPS) is 25.4. The van der Waals surface area contributed by atoms with Gasteiger partial charge in [0.05, 0.1) is 6.10 Å². The molecular weight excluding hydrogens is 202 g/mol. The fourth-order valence-electron chi connectivity index (χ4n) is 2.11. The molecule has 0 aromatic heterocycles. The molecule has 1 fully saturated rings. The first-order valence-corrected chi connectivity index (χ1v) is 5.83. The molecule has 1 aliphatic heterocycles. The summed E-state index contributed by atoms with van der Waals surface area (Å²) >= 11 is 0. The molecule has 0 spiro atoms. The third kappa shape index (κ3) is 2.67. The van der Waals surface area contributed by atoms with Crippen molar-refractivity contribution in [3.8, 4) is 5.75 Å². The molecule has 3 heteroatoms. The van der Waals surface area contributed by atoms with Crippen LogP contribution in [0.15, 0.2) is 18.2 Å². The summed E-state index contributed by atoms with van der Waals surface area (Å²) in [5.41, 5.74) is 1.99. The fraction of sp³-hybridized carbons (Fsp3) is 0.538. The van der Waals surface area contributed by atoms with Crippen LogP contribution in [-0.4, -0.2) is 23.9 Å². The molecule has 1 saturated heterocycles. The summed E-state index contributed by atoms with van der Waals surface area (Å²) in [6.07, 6.45) is 2.42. The Morgan fingerprint density at radius 1 is 1.44 bits per heavy atom. The molecule has 2 atom stereocenters. The van der Waals surface area contributed by atoms with Gasteiger partial charge in [0.2, 0.25) is 0 Å². The van der Waals surface area contributed by atoms with Gasteiger partial charge in [-0.2, -0.15) is 0 Å². The Morgan fingerprint density at radius 3 is 2.94 bits per heavy atom. The number of benzene rings is 1. The van der Waals surface area contributed by atoms with Gasteiger partial charge in [-0.05, 0) is 50.5 Å². The Balaban J connectivity index is 2.00. The summed E-state index contributed by atoms with van der Waals surface area (Å²) in [6.45, 7) is 4.85. The molecule has 0 saturated carbocycles. The van der Waals surface area contributed by atoms with Crippen LogP contribution in [-0.2, 0) is 4.74 Å². The molecule has 1 aromatic rings. The molecule has 2 N–H and O–H groups in total. The van der Waals surface area contributed by atoms with Gasteiger partial charge in [0, 0.05) is 18.3 Å². The third-order valence-electron chi connectivity index (χ3n) is 3.05. The van der Waals surface area contributed by atoms with Crippen LogP contribution in [0, 0.1) is 6.92 Å². The number of anilines is 1. The molecule has 0 aliphatic carbocycles. The van der Waals surface area contributed by atoms with E-state index in [9.17, 15) is 5.11 Å². The first kappa shape index (κ1) is 11.3. The van der Waals surface area contributed by atoms with Crippen LogP contribution in [0.3, 0.4) is 0 Å². The zero-order valence-electron chi connectivity index (χ0n) is 9.86. The van der Waals surface area contributed by atoms with Crippen molar-refractivity contribution in [3.63, 3.8) is 0 Å². The fourth-order valence-corrected chi connectivity index (χ4v) is 2.11. The minimum atomic E-state index is 0.337. The van der Waals surface area contributed by atoms with Gasteiger partial charge in [0.25, 0.3) is 0 Å². The van der Waals surface area contributed by atoms with E-state index < -0.39 is 0 Å². The second-order valence-electron chi connectivity index (χ2n) is 4.55. The standard InChI is InChI=1S/C13H19NO2/c1-9-7-11(3-4-13(9)15)14-12-5-6-16-10(2)8-12/h3-4,7,10,12,14-15H,5-6,8H2,1-2H3. The molecule has 1 aliphatic rings. The highest BCUT2D eigenvalue weighted by Crippen LogP contribution is 2.23. The van der Waals surface area contributed by atoms with Crippen LogP contribution in [0.1, 0.15) is 25.3 Å². The van der Waals surface area contributed by atoms with Gasteiger partial charge in [0.1, 0.15) is 5.75 Å². The highest BCUT2D eigenvalue weighted by Gasteiger charge is 2.18. The lowest BCUT2D eigenvalue weighted by atomic mass is 10.0. The summed E-state index contributed by atoms with van der Waals surface area (Å²) in [5, 5.41) is 12.9. The van der Waals surface area contributed by atoms with Crippen molar-refractivity contribution in [1.29, 1.82) is 0 Å². The zero-order chi connectivity index (χ0) is 11.5. The van der Waals surface area contributed by atoms with E-state index in [0.717, 1.165) is 30.7 Å². The van der Waals surface area contributed by atoms with Crippen molar-refractivity contribution in [2.45, 2.75) is 38.8 Å². The summed E-state index contributed by atoms with van der Waals surface area (Å²) in [6, 6.07) is 6.12. The average Bonchev–Trinajstić information content (AvgIpc) is 2.24. The van der Waals surface area contributed by atoms with Crippen LogP contribution >= 0.6 is 0 Å². The van der Waals surface area contributed by atoms with Crippen LogP contribution in [0.4, 0.5) is 5.69 Å². The van der Waals surface area contributed by atoms with E-state index in [-0.39, 0.29) is 0 Å². The summed E-state index contributed by atoms with van der Waals surface area (Å²) in [4.78, 5) is 0. The maximum Gasteiger partial charge on any atom is 0.118 e. The largest absolute Gasteiger partial charge is 0.508 e. The number of nitrogens with one attached hydrogen (secondary N) is 1. The molecule has 0 radical (unpaired) electrons. The first-order chi connectivity index (χ1) is 7.65. The lowest BCUT2D eigenvalue weighted by Gasteiger charge is -2.28. The van der Waals surface area contributed by atoms with Gasteiger partial charge in [-0.1, -0.05) is 0 Å². The number of hydrogen-bond acceptors (Lipinski definition) is 3. The Kier molecular flexibility index (Phi) is 3.34. The lowest BCUT2D eigenvalue weighted by molar-refractivity contribution is 0.0232. The third-order valence-corrected chi connectivity index (χ3v) is 3.05. The lowest BCUT2D eigenvalue weighted by Crippen LogP contribution is -2.32. The monoisotopic (exact) mass is 221 g/mol. The molecule has 3 nitrogen and oxygen atoms in total. The van der Waals surface area contributed by atoms with Gasteiger partial charge in [-0.3, -0.25) is 0 Å². The predicted molar refractivity (Wildman–Crippen MR) is 64.9 cm³/mol. The number of aryl methyl sites for hydroxylation is 1. The predicted octanol–water partition coefficient (Wildman–Crippen LogP) is 2.68. The van der Waals surface area contributed by atoms with Crippen molar-refractivity contribution < 1.29 is 9.84 Å². The minimum Gasteiger partial charge on any atom is -0.508 e. The average molecular weight is 221 g/mol. The number of ether oxygens (including phenoxy) is 1. The SMILES string of the molecule is Cc1cc(NC2CCOC(C)C2)ccc1O. The molecule has 88 valence electrons. The first-order valence-electron chi connectivity index (χ1n) is 5.83. The number of phenolic OH excluding ortho intramolecular Hbond substituents is 1. The van der Waals surface area contributed by atoms with E-state index in [4.69, 9.17) is 4.74 Å². The van der Waals surface area contributed by atoms with Crippen molar-refractivity contribution in [1.82, 2.24) is 0 Å². The van der Waals surface area contributed by atoms with Gasteiger partial charge >= 0.3 is 0 Å². The second kappa shape index (κ2) is 4.74. The van der Waals surface area contributed by atoms with E-state index in [1.165, 1.54) is 0 Å². The van der Waals surface area contributed by atoms with E-state index >= 15 is 0 Å². The quantitative estimate of drug-likeness (QED) is 0.754. The van der Waals surface area contributed by atoms with Crippen LogP contribution in [0.2, 0.25) is 0 Å². The molecule has 0 amide bonds. The number of phenols is 1. The Bertz CT molecular complexity index is 365. The number of hydrogen-bond donors (Lipinski definition) is 2. The van der Waals surface area contributed by atoms with Gasteiger partial charge in [-0.25, -0.2) is 0 Å². The van der Waals surface area contributed by atoms with E-state index in [1.807, 2.05) is 19.1 Å². The van der Waals surface area contributed by atoms with E-state index in [2.05, 4.69) is 12.2 Å². The minimum absolute atomic E-state index is 0.337. The van der Waals surface area contributed by atoms with E-state index in [1.54, 1.807) is 6.07 Å². The Labute approximate surface area is 96.4 Å². The van der Waals surface area contributed by atoms with Crippen LogP contribution in [0.25, 0.3) is 0 Å². The Hall–Kier alpha value is -1.22. The van der Waals surface area contributed by atoms with Gasteiger partial charge < -0.3 is 15.2 Å². The van der Waals surface area contributed by atoms with E-state index in [0.29, 0.717) is 17.9 Å². The van der Waals surface area contributed by atoms with Crippen molar-refractivity contribution in [2.75, 3.05) is 11.9 Å². The number of aromatic hydroxyl groups is 1. The maximum absolute atomic E-state index is 9.44.